The number of nitrogens with one attached hydrogen (secondary N) is 1. The van der Waals surface area contributed by atoms with Crippen LogP contribution in [0.15, 0.2) is 36.4 Å². The fraction of sp³-hybridized carbons (Fsp3) is 0.400. The van der Waals surface area contributed by atoms with Crippen LogP contribution in [0.4, 0.5) is 4.39 Å². The van der Waals surface area contributed by atoms with Gasteiger partial charge < -0.3 is 14.8 Å². The van der Waals surface area contributed by atoms with Gasteiger partial charge in [-0.05, 0) is 48.7 Å². The molecule has 0 bridgehead atoms. The van der Waals surface area contributed by atoms with Crippen molar-refractivity contribution in [3.8, 4) is 11.5 Å². The van der Waals surface area contributed by atoms with Gasteiger partial charge in [-0.2, -0.15) is 0 Å². The molecule has 0 unspecified atom stereocenters. The standard InChI is InChI=1S/C20H25ClFNO2/c1-14(2)9-10-23-12-15-7-8-19(20(11-15)24-3)25-13-16-17(21)5-4-6-18(16)22/h4-8,11,14,23H,9-10,12-13H2,1-3H3. The van der Waals surface area contributed by atoms with Crippen LogP contribution < -0.4 is 14.8 Å². The van der Waals surface area contributed by atoms with E-state index in [2.05, 4.69) is 19.2 Å². The highest BCUT2D eigenvalue weighted by atomic mass is 35.5. The average molecular weight is 366 g/mol. The molecule has 0 fully saturated rings. The van der Waals surface area contributed by atoms with Crippen molar-refractivity contribution in [2.24, 2.45) is 5.92 Å². The normalized spacial score (nSPS) is 11.0. The van der Waals surface area contributed by atoms with Crippen molar-refractivity contribution in [2.75, 3.05) is 13.7 Å². The lowest BCUT2D eigenvalue weighted by atomic mass is 10.1. The van der Waals surface area contributed by atoms with Crippen molar-refractivity contribution in [3.63, 3.8) is 0 Å². The zero-order valence-corrected chi connectivity index (χ0v) is 15.7. The molecule has 0 aliphatic rings. The van der Waals surface area contributed by atoms with Gasteiger partial charge in [0.2, 0.25) is 0 Å². The Morgan fingerprint density at radius 2 is 1.96 bits per heavy atom. The summed E-state index contributed by atoms with van der Waals surface area (Å²) in [6, 6.07) is 10.3. The van der Waals surface area contributed by atoms with E-state index in [0.717, 1.165) is 25.1 Å². The van der Waals surface area contributed by atoms with Gasteiger partial charge in [-0.3, -0.25) is 0 Å². The highest BCUT2D eigenvalue weighted by Crippen LogP contribution is 2.30. The number of hydrogen-bond acceptors (Lipinski definition) is 3. The SMILES string of the molecule is COc1cc(CNCCC(C)C)ccc1OCc1c(F)cccc1Cl. The number of ether oxygens (including phenoxy) is 2. The van der Waals surface area contributed by atoms with E-state index in [1.54, 1.807) is 19.2 Å². The summed E-state index contributed by atoms with van der Waals surface area (Å²) in [7, 11) is 1.59. The first kappa shape index (κ1) is 19.5. The molecule has 0 aromatic heterocycles. The Kier molecular flexibility index (Phi) is 7.53. The maximum Gasteiger partial charge on any atom is 0.161 e. The monoisotopic (exact) mass is 365 g/mol. The summed E-state index contributed by atoms with van der Waals surface area (Å²) >= 11 is 6.03. The third kappa shape index (κ3) is 5.91. The number of halogens is 2. The molecular formula is C20H25ClFNO2. The van der Waals surface area contributed by atoms with E-state index in [-0.39, 0.29) is 12.4 Å². The molecule has 2 rings (SSSR count). The Balaban J connectivity index is 1.99. The van der Waals surface area contributed by atoms with E-state index in [9.17, 15) is 4.39 Å². The molecule has 2 aromatic rings. The molecule has 2 aromatic carbocycles. The molecule has 5 heteroatoms. The Morgan fingerprint density at radius 3 is 2.64 bits per heavy atom. The number of hydrogen-bond donors (Lipinski definition) is 1. The molecule has 0 aliphatic heterocycles. The maximum atomic E-state index is 13.8. The molecule has 0 amide bonds. The Morgan fingerprint density at radius 1 is 1.16 bits per heavy atom. The van der Waals surface area contributed by atoms with Crippen LogP contribution in [-0.4, -0.2) is 13.7 Å². The highest BCUT2D eigenvalue weighted by Gasteiger charge is 2.11. The van der Waals surface area contributed by atoms with Crippen molar-refractivity contribution in [1.29, 1.82) is 0 Å². The minimum Gasteiger partial charge on any atom is -0.493 e. The smallest absolute Gasteiger partial charge is 0.161 e. The molecule has 1 N–H and O–H groups in total. The van der Waals surface area contributed by atoms with E-state index in [1.807, 2.05) is 18.2 Å². The van der Waals surface area contributed by atoms with E-state index in [4.69, 9.17) is 21.1 Å². The van der Waals surface area contributed by atoms with Gasteiger partial charge in [0.15, 0.2) is 11.5 Å². The fourth-order valence-corrected chi connectivity index (χ4v) is 2.60. The Labute approximate surface area is 154 Å². The van der Waals surface area contributed by atoms with Crippen LogP contribution in [0.3, 0.4) is 0 Å². The van der Waals surface area contributed by atoms with Gasteiger partial charge in [0.1, 0.15) is 12.4 Å². The molecule has 0 atom stereocenters. The van der Waals surface area contributed by atoms with Crippen LogP contribution in [0.1, 0.15) is 31.4 Å². The lowest BCUT2D eigenvalue weighted by Gasteiger charge is -2.14. The predicted molar refractivity (Wildman–Crippen MR) is 99.9 cm³/mol. The zero-order chi connectivity index (χ0) is 18.2. The summed E-state index contributed by atoms with van der Waals surface area (Å²) in [5.74, 6) is 1.49. The number of methoxy groups -OCH3 is 1. The quantitative estimate of drug-likeness (QED) is 0.619. The molecular weight excluding hydrogens is 341 g/mol. The van der Waals surface area contributed by atoms with Gasteiger partial charge in [0.05, 0.1) is 12.1 Å². The van der Waals surface area contributed by atoms with Crippen LogP contribution >= 0.6 is 11.6 Å². The summed E-state index contributed by atoms with van der Waals surface area (Å²) in [5.41, 5.74) is 1.45. The highest BCUT2D eigenvalue weighted by molar-refractivity contribution is 6.31. The first-order valence-electron chi connectivity index (χ1n) is 8.44. The molecule has 0 radical (unpaired) electrons. The van der Waals surface area contributed by atoms with E-state index in [1.165, 1.54) is 6.07 Å². The Hall–Kier alpha value is -1.78. The van der Waals surface area contributed by atoms with E-state index in [0.29, 0.717) is 28.0 Å². The van der Waals surface area contributed by atoms with Gasteiger partial charge in [-0.1, -0.05) is 37.6 Å². The maximum absolute atomic E-state index is 13.8. The predicted octanol–water partition coefficient (Wildman–Crippen LogP) is 5.20. The molecule has 0 saturated heterocycles. The molecule has 0 spiro atoms. The second-order valence-corrected chi connectivity index (χ2v) is 6.74. The lowest BCUT2D eigenvalue weighted by Crippen LogP contribution is -2.16. The summed E-state index contributed by atoms with van der Waals surface area (Å²) in [5, 5.41) is 3.76. The second kappa shape index (κ2) is 9.64. The minimum atomic E-state index is -0.377. The third-order valence-corrected chi connectivity index (χ3v) is 4.24. The number of benzene rings is 2. The van der Waals surface area contributed by atoms with Gasteiger partial charge in [0, 0.05) is 12.1 Å². The van der Waals surface area contributed by atoms with Crippen molar-refractivity contribution < 1.29 is 13.9 Å². The molecule has 0 saturated carbocycles. The molecule has 136 valence electrons. The van der Waals surface area contributed by atoms with Crippen LogP contribution in [0.2, 0.25) is 5.02 Å². The summed E-state index contributed by atoms with van der Waals surface area (Å²) in [4.78, 5) is 0. The average Bonchev–Trinajstić information content (AvgIpc) is 2.58. The molecule has 25 heavy (non-hydrogen) atoms. The number of rotatable bonds is 9. The third-order valence-electron chi connectivity index (χ3n) is 3.89. The van der Waals surface area contributed by atoms with Gasteiger partial charge in [-0.25, -0.2) is 4.39 Å². The van der Waals surface area contributed by atoms with E-state index < -0.39 is 0 Å². The van der Waals surface area contributed by atoms with Crippen molar-refractivity contribution in [2.45, 2.75) is 33.4 Å². The van der Waals surface area contributed by atoms with Gasteiger partial charge in [-0.15, -0.1) is 0 Å². The van der Waals surface area contributed by atoms with Gasteiger partial charge >= 0.3 is 0 Å². The second-order valence-electron chi connectivity index (χ2n) is 6.33. The van der Waals surface area contributed by atoms with Crippen molar-refractivity contribution >= 4 is 11.6 Å². The first-order valence-corrected chi connectivity index (χ1v) is 8.82. The largest absolute Gasteiger partial charge is 0.493 e. The lowest BCUT2D eigenvalue weighted by molar-refractivity contribution is 0.279. The summed E-state index contributed by atoms with van der Waals surface area (Å²) in [6.07, 6.45) is 1.14. The fourth-order valence-electron chi connectivity index (χ4n) is 2.38. The van der Waals surface area contributed by atoms with E-state index >= 15 is 0 Å². The summed E-state index contributed by atoms with van der Waals surface area (Å²) in [6.45, 7) is 6.21. The molecule has 0 aliphatic carbocycles. The van der Waals surface area contributed by atoms with Crippen molar-refractivity contribution in [3.05, 3.63) is 58.4 Å². The zero-order valence-electron chi connectivity index (χ0n) is 14.9. The minimum absolute atomic E-state index is 0.0495. The van der Waals surface area contributed by atoms with Crippen LogP contribution in [0.25, 0.3) is 0 Å². The van der Waals surface area contributed by atoms with Crippen molar-refractivity contribution in [1.82, 2.24) is 5.32 Å². The molecule has 0 heterocycles. The van der Waals surface area contributed by atoms with Crippen LogP contribution in [0, 0.1) is 11.7 Å². The van der Waals surface area contributed by atoms with Gasteiger partial charge in [0.25, 0.3) is 0 Å². The molecule has 3 nitrogen and oxygen atoms in total. The summed E-state index contributed by atoms with van der Waals surface area (Å²) < 4.78 is 24.9. The van der Waals surface area contributed by atoms with Crippen LogP contribution in [-0.2, 0) is 13.2 Å². The topological polar surface area (TPSA) is 30.5 Å². The Bertz CT molecular complexity index is 671. The first-order chi connectivity index (χ1) is 12.0. The van der Waals surface area contributed by atoms with Crippen LogP contribution in [0.5, 0.6) is 11.5 Å².